The standard InChI is InChI=1S/C15H30N2O3/c1-5-11(2)15(3,19)10-16-14(18)17-12-8-6-7-9-13(12)20-4/h11-13,19H,5-10H2,1-4H3,(H2,16,17,18). The van der Waals surface area contributed by atoms with E-state index in [0.29, 0.717) is 0 Å². The van der Waals surface area contributed by atoms with Gasteiger partial charge in [0.2, 0.25) is 0 Å². The lowest BCUT2D eigenvalue weighted by Gasteiger charge is -2.33. The Labute approximate surface area is 122 Å². The Morgan fingerprint density at radius 2 is 2.10 bits per heavy atom. The molecule has 4 unspecified atom stereocenters. The normalized spacial score (nSPS) is 27.4. The van der Waals surface area contributed by atoms with Crippen molar-refractivity contribution in [1.29, 1.82) is 0 Å². The molecule has 3 N–H and O–H groups in total. The molecule has 4 atom stereocenters. The van der Waals surface area contributed by atoms with E-state index in [4.69, 9.17) is 4.74 Å². The summed E-state index contributed by atoms with van der Waals surface area (Å²) in [6.07, 6.45) is 5.20. The zero-order chi connectivity index (χ0) is 15.2. The van der Waals surface area contributed by atoms with Gasteiger partial charge in [0.1, 0.15) is 0 Å². The summed E-state index contributed by atoms with van der Waals surface area (Å²) in [5.74, 6) is 0.143. The van der Waals surface area contributed by atoms with Crippen molar-refractivity contribution in [2.75, 3.05) is 13.7 Å². The van der Waals surface area contributed by atoms with Gasteiger partial charge < -0.3 is 20.5 Å². The maximum Gasteiger partial charge on any atom is 0.315 e. The van der Waals surface area contributed by atoms with Crippen LogP contribution in [0.25, 0.3) is 0 Å². The Morgan fingerprint density at radius 1 is 1.45 bits per heavy atom. The Hall–Kier alpha value is -0.810. The lowest BCUT2D eigenvalue weighted by molar-refractivity contribution is 0.00717. The van der Waals surface area contributed by atoms with E-state index in [1.165, 1.54) is 0 Å². The molecule has 0 radical (unpaired) electrons. The molecule has 1 saturated carbocycles. The Bertz CT molecular complexity index is 307. The van der Waals surface area contributed by atoms with Gasteiger partial charge >= 0.3 is 6.03 Å². The second kappa shape index (κ2) is 7.84. The molecule has 20 heavy (non-hydrogen) atoms. The Kier molecular flexibility index (Phi) is 6.76. The number of hydrogen-bond acceptors (Lipinski definition) is 3. The van der Waals surface area contributed by atoms with E-state index in [9.17, 15) is 9.90 Å². The number of amides is 2. The average Bonchev–Trinajstić information content (AvgIpc) is 2.45. The van der Waals surface area contributed by atoms with Crippen LogP contribution in [0.3, 0.4) is 0 Å². The maximum atomic E-state index is 11.9. The van der Waals surface area contributed by atoms with Crippen LogP contribution >= 0.6 is 0 Å². The smallest absolute Gasteiger partial charge is 0.315 e. The zero-order valence-corrected chi connectivity index (χ0v) is 13.2. The van der Waals surface area contributed by atoms with Crippen molar-refractivity contribution < 1.29 is 14.6 Å². The predicted molar refractivity (Wildman–Crippen MR) is 79.7 cm³/mol. The molecule has 0 aliphatic heterocycles. The molecule has 0 aromatic carbocycles. The molecule has 0 heterocycles. The van der Waals surface area contributed by atoms with Crippen molar-refractivity contribution in [1.82, 2.24) is 10.6 Å². The number of nitrogens with one attached hydrogen (secondary N) is 2. The first-order valence-electron chi connectivity index (χ1n) is 7.70. The van der Waals surface area contributed by atoms with E-state index in [0.717, 1.165) is 32.1 Å². The van der Waals surface area contributed by atoms with Crippen LogP contribution in [0.15, 0.2) is 0 Å². The van der Waals surface area contributed by atoms with Gasteiger partial charge in [0.05, 0.1) is 17.7 Å². The monoisotopic (exact) mass is 286 g/mol. The first-order valence-corrected chi connectivity index (χ1v) is 7.70. The number of urea groups is 1. The first kappa shape index (κ1) is 17.2. The fourth-order valence-electron chi connectivity index (χ4n) is 2.64. The molecule has 118 valence electrons. The fourth-order valence-corrected chi connectivity index (χ4v) is 2.64. The molecule has 1 rings (SSSR count). The maximum absolute atomic E-state index is 11.9. The summed E-state index contributed by atoms with van der Waals surface area (Å²) < 4.78 is 5.41. The molecule has 0 aromatic rings. The van der Waals surface area contributed by atoms with Crippen molar-refractivity contribution in [3.63, 3.8) is 0 Å². The van der Waals surface area contributed by atoms with Crippen molar-refractivity contribution >= 4 is 6.03 Å². The highest BCUT2D eigenvalue weighted by atomic mass is 16.5. The Balaban J connectivity index is 2.39. The van der Waals surface area contributed by atoms with Crippen LogP contribution < -0.4 is 10.6 Å². The molecule has 1 fully saturated rings. The number of methoxy groups -OCH3 is 1. The van der Waals surface area contributed by atoms with E-state index in [2.05, 4.69) is 10.6 Å². The zero-order valence-electron chi connectivity index (χ0n) is 13.2. The molecule has 5 nitrogen and oxygen atoms in total. The minimum absolute atomic E-state index is 0.0716. The summed E-state index contributed by atoms with van der Waals surface area (Å²) in [4.78, 5) is 11.9. The van der Waals surface area contributed by atoms with E-state index in [-0.39, 0.29) is 30.6 Å². The van der Waals surface area contributed by atoms with Crippen LogP contribution in [0.4, 0.5) is 4.79 Å². The van der Waals surface area contributed by atoms with Crippen LogP contribution in [0.2, 0.25) is 0 Å². The molecule has 0 bridgehead atoms. The van der Waals surface area contributed by atoms with E-state index in [1.54, 1.807) is 14.0 Å². The van der Waals surface area contributed by atoms with Crippen molar-refractivity contribution in [3.8, 4) is 0 Å². The molecular formula is C15H30N2O3. The molecule has 0 saturated heterocycles. The molecule has 1 aliphatic rings. The highest BCUT2D eigenvalue weighted by Crippen LogP contribution is 2.21. The third-order valence-corrected chi connectivity index (χ3v) is 4.60. The fraction of sp³-hybridized carbons (Fsp3) is 0.933. The van der Waals surface area contributed by atoms with Gasteiger partial charge in [-0.15, -0.1) is 0 Å². The summed E-state index contributed by atoms with van der Waals surface area (Å²) >= 11 is 0. The van der Waals surface area contributed by atoms with Gasteiger partial charge in [0.25, 0.3) is 0 Å². The van der Waals surface area contributed by atoms with Gasteiger partial charge in [-0.05, 0) is 25.7 Å². The number of carbonyl (C=O) groups is 1. The van der Waals surface area contributed by atoms with E-state index < -0.39 is 5.60 Å². The quantitative estimate of drug-likeness (QED) is 0.700. The summed E-state index contributed by atoms with van der Waals surface area (Å²) in [6.45, 7) is 6.05. The highest BCUT2D eigenvalue weighted by molar-refractivity contribution is 5.74. The molecule has 0 spiro atoms. The highest BCUT2D eigenvalue weighted by Gasteiger charge is 2.29. The van der Waals surface area contributed by atoms with Crippen LogP contribution in [0.1, 0.15) is 52.9 Å². The van der Waals surface area contributed by atoms with Gasteiger partial charge in [-0.2, -0.15) is 0 Å². The van der Waals surface area contributed by atoms with Crippen molar-refractivity contribution in [3.05, 3.63) is 0 Å². The topological polar surface area (TPSA) is 70.6 Å². The number of carbonyl (C=O) groups excluding carboxylic acids is 1. The third kappa shape index (κ3) is 4.94. The second-order valence-corrected chi connectivity index (χ2v) is 6.16. The molecule has 0 aromatic heterocycles. The van der Waals surface area contributed by atoms with Crippen LogP contribution in [-0.4, -0.2) is 42.5 Å². The molecular weight excluding hydrogens is 256 g/mol. The van der Waals surface area contributed by atoms with Gasteiger partial charge in [-0.3, -0.25) is 0 Å². The van der Waals surface area contributed by atoms with E-state index >= 15 is 0 Å². The predicted octanol–water partition coefficient (Wildman–Crippen LogP) is 2.04. The SMILES string of the molecule is CCC(C)C(C)(O)CNC(=O)NC1CCCCC1OC. The number of ether oxygens (including phenoxy) is 1. The third-order valence-electron chi connectivity index (χ3n) is 4.60. The minimum atomic E-state index is -0.876. The Morgan fingerprint density at radius 3 is 2.70 bits per heavy atom. The average molecular weight is 286 g/mol. The van der Waals surface area contributed by atoms with Crippen molar-refractivity contribution in [2.45, 2.75) is 70.6 Å². The minimum Gasteiger partial charge on any atom is -0.388 e. The van der Waals surface area contributed by atoms with Gasteiger partial charge in [0, 0.05) is 13.7 Å². The summed E-state index contributed by atoms with van der Waals surface area (Å²) in [5, 5.41) is 16.0. The van der Waals surface area contributed by atoms with Gasteiger partial charge in [0.15, 0.2) is 0 Å². The lowest BCUT2D eigenvalue weighted by Crippen LogP contribution is -2.53. The van der Waals surface area contributed by atoms with Crippen LogP contribution in [-0.2, 0) is 4.74 Å². The number of rotatable bonds is 6. The van der Waals surface area contributed by atoms with Crippen molar-refractivity contribution in [2.24, 2.45) is 5.92 Å². The molecule has 5 heteroatoms. The van der Waals surface area contributed by atoms with Crippen LogP contribution in [0.5, 0.6) is 0 Å². The molecule has 2 amide bonds. The summed E-state index contributed by atoms with van der Waals surface area (Å²) in [5.41, 5.74) is -0.876. The number of aliphatic hydroxyl groups is 1. The van der Waals surface area contributed by atoms with Crippen LogP contribution in [0, 0.1) is 5.92 Å². The largest absolute Gasteiger partial charge is 0.388 e. The van der Waals surface area contributed by atoms with Gasteiger partial charge in [-0.1, -0.05) is 33.1 Å². The van der Waals surface area contributed by atoms with E-state index in [1.807, 2.05) is 13.8 Å². The molecule has 1 aliphatic carbocycles. The first-order chi connectivity index (χ1) is 9.40. The second-order valence-electron chi connectivity index (χ2n) is 6.16. The summed E-state index contributed by atoms with van der Waals surface area (Å²) in [6, 6.07) is -0.148. The number of hydrogen-bond donors (Lipinski definition) is 3. The summed E-state index contributed by atoms with van der Waals surface area (Å²) in [7, 11) is 1.69. The van der Waals surface area contributed by atoms with Gasteiger partial charge in [-0.25, -0.2) is 4.79 Å². The lowest BCUT2D eigenvalue weighted by atomic mass is 9.89.